The molecule has 1 N–H and O–H groups in total. The number of anilines is 1. The third kappa shape index (κ3) is 1.76. The van der Waals surface area contributed by atoms with Crippen LogP contribution in [0.25, 0.3) is 0 Å². The standard InChI is InChI=1S/C11H11NO3/c13-7-8-2-1-3-9(6-8)12-10(14)4-5-11(12)15/h1-3,6,13H,4-5,7H2. The Morgan fingerprint density at radius 2 is 1.87 bits per heavy atom. The normalized spacial score (nSPS) is 16.2. The molecule has 78 valence electrons. The first kappa shape index (κ1) is 9.86. The molecule has 4 heteroatoms. The van der Waals surface area contributed by atoms with Crippen LogP contribution in [-0.2, 0) is 16.2 Å². The van der Waals surface area contributed by atoms with E-state index in [1.807, 2.05) is 0 Å². The van der Waals surface area contributed by atoms with Gasteiger partial charge in [0.05, 0.1) is 12.3 Å². The number of rotatable bonds is 2. The summed E-state index contributed by atoms with van der Waals surface area (Å²) in [6, 6.07) is 6.82. The zero-order valence-electron chi connectivity index (χ0n) is 8.14. The van der Waals surface area contributed by atoms with Crippen LogP contribution in [0.1, 0.15) is 18.4 Å². The summed E-state index contributed by atoms with van der Waals surface area (Å²) < 4.78 is 0. The second-order valence-electron chi connectivity index (χ2n) is 3.45. The maximum atomic E-state index is 11.4. The minimum atomic E-state index is -0.171. The Hall–Kier alpha value is -1.68. The first-order chi connectivity index (χ1) is 7.22. The Bertz CT molecular complexity index is 398. The predicted octanol–water partition coefficient (Wildman–Crippen LogP) is 0.832. The highest BCUT2D eigenvalue weighted by Gasteiger charge is 2.30. The molecule has 1 heterocycles. The fourth-order valence-corrected chi connectivity index (χ4v) is 1.66. The Balaban J connectivity index is 2.36. The van der Waals surface area contributed by atoms with Gasteiger partial charge in [-0.3, -0.25) is 14.5 Å². The van der Waals surface area contributed by atoms with E-state index in [1.165, 1.54) is 4.90 Å². The van der Waals surface area contributed by atoms with E-state index >= 15 is 0 Å². The van der Waals surface area contributed by atoms with Gasteiger partial charge >= 0.3 is 0 Å². The van der Waals surface area contributed by atoms with Crippen LogP contribution in [-0.4, -0.2) is 16.9 Å². The van der Waals surface area contributed by atoms with Gasteiger partial charge in [-0.2, -0.15) is 0 Å². The maximum absolute atomic E-state index is 11.4. The number of hydrogen-bond donors (Lipinski definition) is 1. The summed E-state index contributed by atoms with van der Waals surface area (Å²) in [5.41, 5.74) is 1.24. The molecule has 0 aromatic heterocycles. The number of hydrogen-bond acceptors (Lipinski definition) is 3. The summed E-state index contributed by atoms with van der Waals surface area (Å²) >= 11 is 0. The van der Waals surface area contributed by atoms with Gasteiger partial charge in [0.2, 0.25) is 11.8 Å². The summed E-state index contributed by atoms with van der Waals surface area (Å²) in [7, 11) is 0. The number of amides is 2. The minimum absolute atomic E-state index is 0.0932. The Morgan fingerprint density at radius 1 is 1.20 bits per heavy atom. The van der Waals surface area contributed by atoms with E-state index in [-0.39, 0.29) is 31.3 Å². The smallest absolute Gasteiger partial charge is 0.234 e. The Kier molecular flexibility index (Phi) is 2.51. The monoisotopic (exact) mass is 205 g/mol. The van der Waals surface area contributed by atoms with Crippen LogP contribution in [0.15, 0.2) is 24.3 Å². The van der Waals surface area contributed by atoms with Crippen molar-refractivity contribution in [1.29, 1.82) is 0 Å². The van der Waals surface area contributed by atoms with E-state index in [0.29, 0.717) is 11.3 Å². The molecule has 1 saturated heterocycles. The molecule has 4 nitrogen and oxygen atoms in total. The molecule has 1 aliphatic rings. The highest BCUT2D eigenvalue weighted by molar-refractivity contribution is 6.19. The number of nitrogens with zero attached hydrogens (tertiary/aromatic N) is 1. The number of aliphatic hydroxyl groups excluding tert-OH is 1. The fourth-order valence-electron chi connectivity index (χ4n) is 1.66. The number of aliphatic hydroxyl groups is 1. The van der Waals surface area contributed by atoms with Crippen LogP contribution in [0.5, 0.6) is 0 Å². The number of imide groups is 1. The second kappa shape index (κ2) is 3.82. The molecule has 15 heavy (non-hydrogen) atoms. The number of carbonyl (C=O) groups excluding carboxylic acids is 2. The lowest BCUT2D eigenvalue weighted by molar-refractivity contribution is -0.121. The molecule has 1 fully saturated rings. The SMILES string of the molecule is O=C1CCC(=O)N1c1cccc(CO)c1. The molecule has 0 aliphatic carbocycles. The number of carbonyl (C=O) groups is 2. The zero-order valence-corrected chi connectivity index (χ0v) is 8.14. The van der Waals surface area contributed by atoms with Crippen molar-refractivity contribution in [3.05, 3.63) is 29.8 Å². The van der Waals surface area contributed by atoms with Gasteiger partial charge in [0, 0.05) is 12.8 Å². The van der Waals surface area contributed by atoms with Crippen molar-refractivity contribution in [3.8, 4) is 0 Å². The van der Waals surface area contributed by atoms with Gasteiger partial charge in [-0.05, 0) is 17.7 Å². The van der Waals surface area contributed by atoms with Gasteiger partial charge in [-0.25, -0.2) is 0 Å². The third-order valence-corrected chi connectivity index (χ3v) is 2.40. The van der Waals surface area contributed by atoms with Crippen LogP contribution in [0.4, 0.5) is 5.69 Å². The lowest BCUT2D eigenvalue weighted by atomic mass is 10.2. The van der Waals surface area contributed by atoms with Gasteiger partial charge < -0.3 is 5.11 Å². The molecule has 0 radical (unpaired) electrons. The third-order valence-electron chi connectivity index (χ3n) is 2.40. The van der Waals surface area contributed by atoms with Gasteiger partial charge in [0.15, 0.2) is 0 Å². The van der Waals surface area contributed by atoms with Gasteiger partial charge in [-0.15, -0.1) is 0 Å². The van der Waals surface area contributed by atoms with E-state index in [0.717, 1.165) is 0 Å². The molecule has 0 bridgehead atoms. The fraction of sp³-hybridized carbons (Fsp3) is 0.273. The molecule has 0 unspecified atom stereocenters. The molecular weight excluding hydrogens is 194 g/mol. The van der Waals surface area contributed by atoms with E-state index in [1.54, 1.807) is 24.3 Å². The zero-order chi connectivity index (χ0) is 10.8. The van der Waals surface area contributed by atoms with Crippen LogP contribution in [0, 0.1) is 0 Å². The van der Waals surface area contributed by atoms with Gasteiger partial charge in [0.1, 0.15) is 0 Å². The highest BCUT2D eigenvalue weighted by Crippen LogP contribution is 2.23. The van der Waals surface area contributed by atoms with Crippen molar-refractivity contribution < 1.29 is 14.7 Å². The summed E-state index contributed by atoms with van der Waals surface area (Å²) in [6.45, 7) is -0.0932. The van der Waals surface area contributed by atoms with Crippen molar-refractivity contribution in [3.63, 3.8) is 0 Å². The van der Waals surface area contributed by atoms with Crippen molar-refractivity contribution in [2.45, 2.75) is 19.4 Å². The average molecular weight is 205 g/mol. The van der Waals surface area contributed by atoms with E-state index < -0.39 is 0 Å². The quantitative estimate of drug-likeness (QED) is 0.727. The minimum Gasteiger partial charge on any atom is -0.392 e. The molecule has 1 aromatic carbocycles. The van der Waals surface area contributed by atoms with Crippen molar-refractivity contribution in [2.75, 3.05) is 4.90 Å². The van der Waals surface area contributed by atoms with E-state index in [4.69, 9.17) is 5.11 Å². The predicted molar refractivity (Wildman–Crippen MR) is 54.1 cm³/mol. The first-order valence-electron chi connectivity index (χ1n) is 4.78. The summed E-state index contributed by atoms with van der Waals surface area (Å²) in [5.74, 6) is -0.342. The van der Waals surface area contributed by atoms with Crippen LogP contribution in [0.2, 0.25) is 0 Å². The largest absolute Gasteiger partial charge is 0.392 e. The highest BCUT2D eigenvalue weighted by atomic mass is 16.3. The van der Waals surface area contributed by atoms with E-state index in [2.05, 4.69) is 0 Å². The van der Waals surface area contributed by atoms with Crippen molar-refractivity contribution in [1.82, 2.24) is 0 Å². The lowest BCUT2D eigenvalue weighted by Gasteiger charge is -2.14. The van der Waals surface area contributed by atoms with Crippen LogP contribution < -0.4 is 4.90 Å². The molecule has 0 atom stereocenters. The van der Waals surface area contributed by atoms with Gasteiger partial charge in [0.25, 0.3) is 0 Å². The Labute approximate surface area is 87.1 Å². The molecule has 0 spiro atoms. The topological polar surface area (TPSA) is 57.6 Å². The number of benzene rings is 1. The summed E-state index contributed by atoms with van der Waals surface area (Å²) in [5, 5.41) is 8.95. The summed E-state index contributed by atoms with van der Waals surface area (Å²) in [4.78, 5) is 24.0. The average Bonchev–Trinajstić information content (AvgIpc) is 2.59. The van der Waals surface area contributed by atoms with Crippen LogP contribution in [0.3, 0.4) is 0 Å². The van der Waals surface area contributed by atoms with Crippen molar-refractivity contribution in [2.24, 2.45) is 0 Å². The first-order valence-corrected chi connectivity index (χ1v) is 4.78. The molecule has 1 aromatic rings. The van der Waals surface area contributed by atoms with Gasteiger partial charge in [-0.1, -0.05) is 12.1 Å². The van der Waals surface area contributed by atoms with Crippen LogP contribution >= 0.6 is 0 Å². The Morgan fingerprint density at radius 3 is 2.47 bits per heavy atom. The van der Waals surface area contributed by atoms with Crippen molar-refractivity contribution >= 4 is 17.5 Å². The van der Waals surface area contributed by atoms with E-state index in [9.17, 15) is 9.59 Å². The molecule has 2 amide bonds. The maximum Gasteiger partial charge on any atom is 0.234 e. The summed E-state index contributed by atoms with van der Waals surface area (Å²) in [6.07, 6.45) is 0.560. The molecular formula is C11H11NO3. The lowest BCUT2D eigenvalue weighted by Crippen LogP contribution is -2.28. The second-order valence-corrected chi connectivity index (χ2v) is 3.45. The molecule has 1 aliphatic heterocycles. The molecule has 2 rings (SSSR count). The molecule has 0 saturated carbocycles.